The van der Waals surface area contributed by atoms with Gasteiger partial charge in [0.2, 0.25) is 0 Å². The number of thioether (sulfide) groups is 1. The molecule has 1 atom stereocenters. The first-order valence-corrected chi connectivity index (χ1v) is 6.68. The van der Waals surface area contributed by atoms with Gasteiger partial charge in [0.05, 0.1) is 6.04 Å². The second-order valence-electron chi connectivity index (χ2n) is 2.57. The predicted molar refractivity (Wildman–Crippen MR) is 56.4 cm³/mol. The van der Waals surface area contributed by atoms with Crippen molar-refractivity contribution in [3.8, 4) is 0 Å². The Morgan fingerprint density at radius 3 is 2.73 bits per heavy atom. The molecule has 0 spiro atoms. The number of amides is 1. The summed E-state index contributed by atoms with van der Waals surface area (Å²) >= 11 is 1.61. The molecular weight excluding hydrogens is 244 g/mol. The number of nitrogens with two attached hydrogens (primary N) is 1. The third kappa shape index (κ3) is 8.63. The van der Waals surface area contributed by atoms with Crippen LogP contribution in [0.2, 0.25) is 0 Å². The number of carbonyl (C=O) groups is 1. The average molecular weight is 258 g/mol. The number of hydroxylamine groups is 1. The molecule has 0 saturated heterocycles. The fourth-order valence-corrected chi connectivity index (χ4v) is 1.55. The van der Waals surface area contributed by atoms with Crippen LogP contribution in [0.5, 0.6) is 0 Å². The van der Waals surface area contributed by atoms with Gasteiger partial charge in [0.25, 0.3) is 5.91 Å². The van der Waals surface area contributed by atoms with E-state index in [2.05, 4.69) is 4.28 Å². The second kappa shape index (κ2) is 7.01. The van der Waals surface area contributed by atoms with Gasteiger partial charge in [0.15, 0.2) is 0 Å². The van der Waals surface area contributed by atoms with Gasteiger partial charge in [0.1, 0.15) is 0 Å². The summed E-state index contributed by atoms with van der Waals surface area (Å²) in [6, 6.07) is -0.856. The third-order valence-electron chi connectivity index (χ3n) is 1.36. The number of rotatable bonds is 7. The Balaban J connectivity index is 3.79. The number of carbonyl (C=O) groups excluding carboxylic acids is 1. The maximum Gasteiger partial charge on any atom is 0.418 e. The van der Waals surface area contributed by atoms with E-state index in [1.54, 1.807) is 11.8 Å². The van der Waals surface area contributed by atoms with Crippen LogP contribution in [-0.4, -0.2) is 36.4 Å². The van der Waals surface area contributed by atoms with Crippen molar-refractivity contribution in [2.45, 2.75) is 19.4 Å². The fraction of sp³-hybridized carbons (Fsp3) is 0.833. The summed E-state index contributed by atoms with van der Waals surface area (Å²) in [7, 11) is -4.67. The maximum atomic E-state index is 11.0. The normalized spacial score (nSPS) is 13.5. The minimum absolute atomic E-state index is 0.402. The molecule has 0 bridgehead atoms. The predicted octanol–water partition coefficient (Wildman–Crippen LogP) is -0.692. The summed E-state index contributed by atoms with van der Waals surface area (Å²) in [5, 5.41) is 0. The van der Waals surface area contributed by atoms with Gasteiger partial charge >= 0.3 is 10.4 Å². The number of hydrogen-bond acceptors (Lipinski definition) is 6. The zero-order chi connectivity index (χ0) is 11.9. The Bertz CT molecular complexity index is 292. The summed E-state index contributed by atoms with van der Waals surface area (Å²) in [6.07, 6.45) is 0.402. The third-order valence-corrected chi connectivity index (χ3v) is 2.59. The smallest absolute Gasteiger partial charge is 0.320 e. The highest BCUT2D eigenvalue weighted by atomic mass is 32.3. The molecule has 4 N–H and O–H groups in total. The summed E-state index contributed by atoms with van der Waals surface area (Å²) in [5.41, 5.74) is 6.94. The van der Waals surface area contributed by atoms with E-state index in [1.165, 1.54) is 5.48 Å². The molecule has 90 valence electrons. The molecule has 0 aliphatic carbocycles. The summed E-state index contributed by atoms with van der Waals surface area (Å²) in [5.74, 6) is 0.816. The highest BCUT2D eigenvalue weighted by molar-refractivity contribution is 7.99. The van der Waals surface area contributed by atoms with Crippen molar-refractivity contribution in [3.63, 3.8) is 0 Å². The fourth-order valence-electron chi connectivity index (χ4n) is 0.655. The standard InChI is InChI=1S/C6H14N2O5S2/c1-2-14-4-3-5(7)6(9)8-13-15(10,11)12/h5H,2-4,7H2,1H3,(H,8,9)(H,10,11,12)/t5-/m0/s1. The molecule has 9 heteroatoms. The van der Waals surface area contributed by atoms with Gasteiger partial charge in [-0.1, -0.05) is 6.92 Å². The lowest BCUT2D eigenvalue weighted by atomic mass is 10.2. The lowest BCUT2D eigenvalue weighted by Crippen LogP contribution is -2.41. The monoisotopic (exact) mass is 258 g/mol. The molecule has 0 aromatic carbocycles. The molecule has 1 amide bonds. The van der Waals surface area contributed by atoms with E-state index < -0.39 is 22.3 Å². The van der Waals surface area contributed by atoms with Gasteiger partial charge in [-0.2, -0.15) is 20.2 Å². The van der Waals surface area contributed by atoms with Crippen LogP contribution in [0.1, 0.15) is 13.3 Å². The van der Waals surface area contributed by atoms with Crippen LogP contribution < -0.4 is 11.2 Å². The van der Waals surface area contributed by atoms with Gasteiger partial charge < -0.3 is 5.73 Å². The highest BCUT2D eigenvalue weighted by Crippen LogP contribution is 2.02. The molecule has 0 aromatic heterocycles. The molecule has 0 aliphatic heterocycles. The van der Waals surface area contributed by atoms with Crippen molar-refractivity contribution in [3.05, 3.63) is 0 Å². The van der Waals surface area contributed by atoms with Crippen LogP contribution in [0, 0.1) is 0 Å². The van der Waals surface area contributed by atoms with Crippen LogP contribution in [-0.2, 0) is 19.5 Å². The van der Waals surface area contributed by atoms with Gasteiger partial charge in [-0.05, 0) is 17.9 Å². The van der Waals surface area contributed by atoms with Crippen LogP contribution >= 0.6 is 11.8 Å². The van der Waals surface area contributed by atoms with Crippen molar-refractivity contribution < 1.29 is 22.0 Å². The van der Waals surface area contributed by atoms with Crippen LogP contribution in [0.25, 0.3) is 0 Å². The van der Waals surface area contributed by atoms with Gasteiger partial charge in [-0.25, -0.2) is 5.48 Å². The number of nitrogens with one attached hydrogen (secondary N) is 1. The van der Waals surface area contributed by atoms with Gasteiger partial charge in [-0.15, -0.1) is 4.28 Å². The first-order chi connectivity index (χ1) is 6.87. The molecule has 15 heavy (non-hydrogen) atoms. The molecule has 0 fully saturated rings. The second-order valence-corrected chi connectivity index (χ2v) is 4.99. The van der Waals surface area contributed by atoms with Crippen molar-refractivity contribution in [1.29, 1.82) is 0 Å². The molecule has 0 aromatic rings. The lowest BCUT2D eigenvalue weighted by Gasteiger charge is -2.09. The zero-order valence-electron chi connectivity index (χ0n) is 8.17. The molecule has 0 rings (SSSR count). The Kier molecular flexibility index (Phi) is 6.85. The van der Waals surface area contributed by atoms with Crippen LogP contribution in [0.4, 0.5) is 0 Å². The van der Waals surface area contributed by atoms with Crippen molar-refractivity contribution in [1.82, 2.24) is 5.48 Å². The van der Waals surface area contributed by atoms with Crippen molar-refractivity contribution in [2.75, 3.05) is 11.5 Å². The lowest BCUT2D eigenvalue weighted by molar-refractivity contribution is -0.129. The summed E-state index contributed by atoms with van der Waals surface area (Å²) in [6.45, 7) is 1.97. The maximum absolute atomic E-state index is 11.0. The minimum atomic E-state index is -4.67. The largest absolute Gasteiger partial charge is 0.418 e. The topological polar surface area (TPSA) is 119 Å². The molecule has 7 nitrogen and oxygen atoms in total. The minimum Gasteiger partial charge on any atom is -0.320 e. The Labute approximate surface area is 92.6 Å². The Hall–Kier alpha value is -0.350. The van der Waals surface area contributed by atoms with E-state index >= 15 is 0 Å². The molecule has 0 heterocycles. The quantitative estimate of drug-likeness (QED) is 0.314. The molecule has 0 radical (unpaired) electrons. The Morgan fingerprint density at radius 1 is 1.67 bits per heavy atom. The van der Waals surface area contributed by atoms with E-state index in [0.717, 1.165) is 5.75 Å². The van der Waals surface area contributed by atoms with Gasteiger partial charge in [0, 0.05) is 0 Å². The van der Waals surface area contributed by atoms with Gasteiger partial charge in [-0.3, -0.25) is 9.35 Å². The summed E-state index contributed by atoms with van der Waals surface area (Å²) in [4.78, 5) is 11.0. The molecule has 0 saturated carbocycles. The average Bonchev–Trinajstić information content (AvgIpc) is 2.13. The van der Waals surface area contributed by atoms with Crippen molar-refractivity contribution >= 4 is 28.1 Å². The van der Waals surface area contributed by atoms with Crippen LogP contribution in [0.3, 0.4) is 0 Å². The molecule has 0 unspecified atom stereocenters. The van der Waals surface area contributed by atoms with E-state index in [1.807, 2.05) is 6.92 Å². The first-order valence-electron chi connectivity index (χ1n) is 4.16. The van der Waals surface area contributed by atoms with Crippen LogP contribution in [0.15, 0.2) is 0 Å². The molecule has 0 aliphatic rings. The van der Waals surface area contributed by atoms with E-state index in [-0.39, 0.29) is 0 Å². The van der Waals surface area contributed by atoms with Crippen molar-refractivity contribution in [2.24, 2.45) is 5.73 Å². The molecular formula is C6H14N2O5S2. The SMILES string of the molecule is CCSCC[C@H](N)C(=O)NOS(=O)(=O)O. The number of hydrogen-bond donors (Lipinski definition) is 3. The highest BCUT2D eigenvalue weighted by Gasteiger charge is 2.15. The van der Waals surface area contributed by atoms with E-state index in [4.69, 9.17) is 10.3 Å². The Morgan fingerprint density at radius 2 is 2.27 bits per heavy atom. The van der Waals surface area contributed by atoms with E-state index in [9.17, 15) is 13.2 Å². The van der Waals surface area contributed by atoms with E-state index in [0.29, 0.717) is 12.2 Å². The first kappa shape index (κ1) is 14.6. The summed E-state index contributed by atoms with van der Waals surface area (Å²) < 4.78 is 32.0. The zero-order valence-corrected chi connectivity index (χ0v) is 9.81.